The van der Waals surface area contributed by atoms with Crippen LogP contribution in [0.25, 0.3) is 0 Å². The molecule has 0 aliphatic carbocycles. The highest BCUT2D eigenvalue weighted by Crippen LogP contribution is 2.22. The largest absolute Gasteiger partial charge is 0.354 e. The van der Waals surface area contributed by atoms with Crippen LogP contribution in [0.5, 0.6) is 0 Å². The highest BCUT2D eigenvalue weighted by molar-refractivity contribution is 7.09. The quantitative estimate of drug-likeness (QED) is 0.688. The van der Waals surface area contributed by atoms with Gasteiger partial charge in [0, 0.05) is 48.0 Å². The fraction of sp³-hybridized carbons (Fsp3) is 0.526. The zero-order chi connectivity index (χ0) is 19.1. The Morgan fingerprint density at radius 1 is 1.27 bits per heavy atom. The van der Waals surface area contributed by atoms with Gasteiger partial charge in [0.05, 0.1) is 0 Å². The second-order valence-electron chi connectivity index (χ2n) is 6.71. The van der Waals surface area contributed by atoms with Crippen molar-refractivity contribution < 1.29 is 4.79 Å². The molecule has 1 aromatic carbocycles. The van der Waals surface area contributed by atoms with Crippen molar-refractivity contribution in [2.75, 3.05) is 11.4 Å². The number of carbonyl (C=O) groups is 1. The van der Waals surface area contributed by atoms with E-state index >= 15 is 0 Å². The zero-order valence-corrected chi connectivity index (χ0v) is 17.4. The Morgan fingerprint density at radius 3 is 2.58 bits per heavy atom. The first-order valence-electron chi connectivity index (χ1n) is 9.02. The minimum atomic E-state index is 0.0795. The number of rotatable bonds is 9. The van der Waals surface area contributed by atoms with Crippen LogP contribution in [-0.2, 0) is 11.2 Å². The first-order valence-corrected chi connectivity index (χ1v) is 10.2. The molecule has 0 bridgehead atoms. The molecule has 2 rings (SSSR count). The topological polar surface area (TPSA) is 58.1 Å². The van der Waals surface area contributed by atoms with Crippen LogP contribution in [0.1, 0.15) is 51.9 Å². The third kappa shape index (κ3) is 6.25. The molecule has 1 amide bonds. The second kappa shape index (κ2) is 9.88. The average Bonchev–Trinajstić information content (AvgIpc) is 3.04. The number of hydrogen-bond donors (Lipinski definition) is 1. The Balaban J connectivity index is 1.98. The van der Waals surface area contributed by atoms with Gasteiger partial charge in [0.25, 0.3) is 0 Å². The fourth-order valence-electron chi connectivity index (χ4n) is 2.46. The molecular weight excluding hydrogens is 368 g/mol. The Morgan fingerprint density at radius 2 is 1.96 bits per heavy atom. The highest BCUT2D eigenvalue weighted by Gasteiger charge is 2.17. The van der Waals surface area contributed by atoms with Gasteiger partial charge < -0.3 is 10.2 Å². The average molecular weight is 395 g/mol. The normalized spacial score (nSPS) is 12.2. The molecule has 0 aliphatic rings. The summed E-state index contributed by atoms with van der Waals surface area (Å²) in [6.45, 7) is 8.93. The molecule has 0 fully saturated rings. The predicted octanol–water partition coefficient (Wildman–Crippen LogP) is 4.30. The number of hydrogen-bond acceptors (Lipinski definition) is 5. The van der Waals surface area contributed by atoms with Gasteiger partial charge in [0.2, 0.25) is 11.0 Å². The van der Waals surface area contributed by atoms with E-state index in [1.54, 1.807) is 0 Å². The van der Waals surface area contributed by atoms with E-state index in [1.165, 1.54) is 11.5 Å². The number of nitrogens with one attached hydrogen (secondary N) is 1. The Bertz CT molecular complexity index is 702. The summed E-state index contributed by atoms with van der Waals surface area (Å²) in [4.78, 5) is 18.9. The lowest BCUT2D eigenvalue weighted by Gasteiger charge is -2.25. The summed E-state index contributed by atoms with van der Waals surface area (Å²) < 4.78 is 4.48. The van der Waals surface area contributed by atoms with Crippen LogP contribution >= 0.6 is 23.1 Å². The molecule has 1 unspecified atom stereocenters. The van der Waals surface area contributed by atoms with Crippen LogP contribution < -0.4 is 10.2 Å². The molecule has 1 N–H and O–H groups in total. The lowest BCUT2D eigenvalue weighted by Crippen LogP contribution is -2.37. The van der Waals surface area contributed by atoms with Gasteiger partial charge in [-0.05, 0) is 44.9 Å². The van der Waals surface area contributed by atoms with Gasteiger partial charge in [0.1, 0.15) is 5.82 Å². The van der Waals surface area contributed by atoms with Gasteiger partial charge in [0.15, 0.2) is 0 Å². The molecule has 0 saturated heterocycles. The summed E-state index contributed by atoms with van der Waals surface area (Å²) in [5.74, 6) is 0.873. The number of anilines is 1. The maximum atomic E-state index is 12.1. The van der Waals surface area contributed by atoms with E-state index in [1.807, 2.05) is 31.2 Å². The van der Waals surface area contributed by atoms with Gasteiger partial charge >= 0.3 is 0 Å². The first-order chi connectivity index (χ1) is 12.4. The van der Waals surface area contributed by atoms with E-state index in [-0.39, 0.29) is 18.0 Å². The molecular formula is C19H27ClN4OS. The van der Waals surface area contributed by atoms with E-state index in [0.717, 1.165) is 28.0 Å². The minimum Gasteiger partial charge on any atom is -0.354 e. The molecule has 142 valence electrons. The first kappa shape index (κ1) is 20.6. The summed E-state index contributed by atoms with van der Waals surface area (Å²) in [5.41, 5.74) is 1.13. The van der Waals surface area contributed by atoms with Crippen molar-refractivity contribution in [3.8, 4) is 0 Å². The summed E-state index contributed by atoms with van der Waals surface area (Å²) in [6.07, 6.45) is 2.06. The van der Waals surface area contributed by atoms with Crippen LogP contribution in [0.3, 0.4) is 0 Å². The fourth-order valence-corrected chi connectivity index (χ4v) is 3.44. The molecule has 1 atom stereocenters. The summed E-state index contributed by atoms with van der Waals surface area (Å²) in [7, 11) is 0. The molecule has 2 aromatic rings. The van der Waals surface area contributed by atoms with Crippen LogP contribution in [0.2, 0.25) is 5.02 Å². The lowest BCUT2D eigenvalue weighted by atomic mass is 10.1. The maximum Gasteiger partial charge on any atom is 0.221 e. The number of halogens is 1. The van der Waals surface area contributed by atoms with Crippen LogP contribution in [-0.4, -0.2) is 33.9 Å². The van der Waals surface area contributed by atoms with Crippen molar-refractivity contribution in [1.82, 2.24) is 14.7 Å². The van der Waals surface area contributed by atoms with Crippen molar-refractivity contribution in [3.63, 3.8) is 0 Å². The van der Waals surface area contributed by atoms with Crippen molar-refractivity contribution in [3.05, 3.63) is 40.7 Å². The molecule has 0 radical (unpaired) electrons. The Kier molecular flexibility index (Phi) is 7.85. The standard InChI is InChI=1S/C19H27ClN4OS/c1-5-14(4)21-18(25)10-11-24(13(2)3)19-22-17(23-26-19)12-15-6-8-16(20)9-7-15/h6-9,13-14H,5,10-12H2,1-4H3,(H,21,25). The van der Waals surface area contributed by atoms with Gasteiger partial charge in [-0.15, -0.1) is 0 Å². The third-order valence-corrected chi connectivity index (χ3v) is 5.24. The van der Waals surface area contributed by atoms with Crippen molar-refractivity contribution in [2.24, 2.45) is 0 Å². The molecule has 0 saturated carbocycles. The van der Waals surface area contributed by atoms with Gasteiger partial charge in [-0.3, -0.25) is 4.79 Å². The monoisotopic (exact) mass is 394 g/mol. The maximum absolute atomic E-state index is 12.1. The lowest BCUT2D eigenvalue weighted by molar-refractivity contribution is -0.121. The smallest absolute Gasteiger partial charge is 0.221 e. The van der Waals surface area contributed by atoms with Crippen LogP contribution in [0, 0.1) is 0 Å². The molecule has 1 aromatic heterocycles. The summed E-state index contributed by atoms with van der Waals surface area (Å²) in [6, 6.07) is 8.19. The van der Waals surface area contributed by atoms with Crippen molar-refractivity contribution in [1.29, 1.82) is 0 Å². The molecule has 0 aliphatic heterocycles. The Labute approximate surface area is 164 Å². The molecule has 1 heterocycles. The predicted molar refractivity (Wildman–Crippen MR) is 109 cm³/mol. The van der Waals surface area contributed by atoms with Gasteiger partial charge in [-0.2, -0.15) is 4.37 Å². The van der Waals surface area contributed by atoms with E-state index in [2.05, 4.69) is 40.3 Å². The van der Waals surface area contributed by atoms with E-state index in [0.29, 0.717) is 19.4 Å². The number of nitrogens with zero attached hydrogens (tertiary/aromatic N) is 3. The number of benzene rings is 1. The Hall–Kier alpha value is -1.66. The molecule has 5 nitrogen and oxygen atoms in total. The van der Waals surface area contributed by atoms with Crippen molar-refractivity contribution in [2.45, 2.75) is 59.0 Å². The van der Waals surface area contributed by atoms with Crippen LogP contribution in [0.4, 0.5) is 5.13 Å². The number of aromatic nitrogens is 2. The summed E-state index contributed by atoms with van der Waals surface area (Å²) >= 11 is 7.31. The number of carbonyl (C=O) groups excluding carboxylic acids is 1. The van der Waals surface area contributed by atoms with E-state index < -0.39 is 0 Å². The molecule has 26 heavy (non-hydrogen) atoms. The van der Waals surface area contributed by atoms with Gasteiger partial charge in [-0.25, -0.2) is 4.98 Å². The second-order valence-corrected chi connectivity index (χ2v) is 7.88. The summed E-state index contributed by atoms with van der Waals surface area (Å²) in [5, 5.41) is 4.59. The van der Waals surface area contributed by atoms with E-state index in [4.69, 9.17) is 11.6 Å². The minimum absolute atomic E-state index is 0.0795. The molecule has 7 heteroatoms. The molecule has 0 spiro atoms. The van der Waals surface area contributed by atoms with E-state index in [9.17, 15) is 4.79 Å². The van der Waals surface area contributed by atoms with Crippen LogP contribution in [0.15, 0.2) is 24.3 Å². The third-order valence-electron chi connectivity index (χ3n) is 4.20. The SMILES string of the molecule is CCC(C)NC(=O)CCN(c1nc(Cc2ccc(Cl)cc2)ns1)C(C)C. The highest BCUT2D eigenvalue weighted by atomic mass is 35.5. The van der Waals surface area contributed by atoms with Crippen molar-refractivity contribution >= 4 is 34.2 Å². The van der Waals surface area contributed by atoms with Gasteiger partial charge in [-0.1, -0.05) is 30.7 Å². The number of amides is 1. The zero-order valence-electron chi connectivity index (χ0n) is 15.8.